The Morgan fingerprint density at radius 1 is 1.23 bits per heavy atom. The number of carbonyl (C=O) groups is 2. The second kappa shape index (κ2) is 6.91. The van der Waals surface area contributed by atoms with Crippen molar-refractivity contribution in [1.29, 1.82) is 0 Å². The highest BCUT2D eigenvalue weighted by atomic mass is 35.5. The third-order valence-electron chi connectivity index (χ3n) is 2.72. The molecule has 0 aliphatic carbocycles. The molecule has 0 fully saturated rings. The summed E-state index contributed by atoms with van der Waals surface area (Å²) in [7, 11) is 0. The van der Waals surface area contributed by atoms with E-state index in [0.29, 0.717) is 0 Å². The van der Waals surface area contributed by atoms with Crippen molar-refractivity contribution in [2.45, 2.75) is 6.61 Å². The van der Waals surface area contributed by atoms with Gasteiger partial charge >= 0.3 is 12.1 Å². The van der Waals surface area contributed by atoms with Gasteiger partial charge in [-0.1, -0.05) is 41.9 Å². The van der Waals surface area contributed by atoms with Gasteiger partial charge in [0.15, 0.2) is 0 Å². The summed E-state index contributed by atoms with van der Waals surface area (Å²) in [5, 5.41) is 10.6. The molecule has 2 aromatic carbocycles. The van der Waals surface area contributed by atoms with E-state index in [-0.39, 0.29) is 12.3 Å². The maximum absolute atomic E-state index is 13.5. The van der Waals surface area contributed by atoms with Gasteiger partial charge in [0.25, 0.3) is 0 Å². The quantitative estimate of drug-likeness (QED) is 0.894. The molecule has 0 atom stereocenters. The number of benzene rings is 2. The van der Waals surface area contributed by atoms with E-state index in [0.717, 1.165) is 17.7 Å². The lowest BCUT2D eigenvalue weighted by Gasteiger charge is -2.09. The summed E-state index contributed by atoms with van der Waals surface area (Å²) in [5.74, 6) is -2.34. The predicted octanol–water partition coefficient (Wildman–Crippen LogP) is 3.93. The fourth-order valence-corrected chi connectivity index (χ4v) is 1.88. The zero-order valence-electron chi connectivity index (χ0n) is 11.2. The van der Waals surface area contributed by atoms with Gasteiger partial charge in [-0.15, -0.1) is 0 Å². The van der Waals surface area contributed by atoms with Crippen LogP contribution in [0.1, 0.15) is 15.9 Å². The minimum absolute atomic E-state index is 0.0362. The van der Waals surface area contributed by atoms with E-state index in [4.69, 9.17) is 21.4 Å². The molecule has 0 saturated carbocycles. The molecule has 5 nitrogen and oxygen atoms in total. The maximum atomic E-state index is 13.5. The molecular formula is C15H11ClFNO4. The molecular weight excluding hydrogens is 313 g/mol. The average molecular weight is 324 g/mol. The first-order valence-electron chi connectivity index (χ1n) is 6.17. The molecule has 0 unspecified atom stereocenters. The van der Waals surface area contributed by atoms with Crippen LogP contribution in [-0.4, -0.2) is 17.2 Å². The third-order valence-corrected chi connectivity index (χ3v) is 3.10. The maximum Gasteiger partial charge on any atom is 0.411 e. The van der Waals surface area contributed by atoms with Crippen molar-refractivity contribution < 1.29 is 23.8 Å². The van der Waals surface area contributed by atoms with E-state index < -0.39 is 28.5 Å². The molecule has 0 bridgehead atoms. The topological polar surface area (TPSA) is 75.6 Å². The molecule has 22 heavy (non-hydrogen) atoms. The Labute approximate surface area is 130 Å². The molecule has 0 aliphatic rings. The number of halogens is 2. The fourth-order valence-electron chi connectivity index (χ4n) is 1.69. The molecule has 7 heteroatoms. The van der Waals surface area contributed by atoms with Gasteiger partial charge < -0.3 is 9.84 Å². The van der Waals surface area contributed by atoms with E-state index in [1.807, 2.05) is 6.07 Å². The summed E-state index contributed by atoms with van der Waals surface area (Å²) in [6.45, 7) is 0.0362. The number of rotatable bonds is 4. The number of carboxylic acids is 1. The Hall–Kier alpha value is -2.60. The number of hydrogen-bond donors (Lipinski definition) is 2. The van der Waals surface area contributed by atoms with Crippen LogP contribution < -0.4 is 5.32 Å². The largest absolute Gasteiger partial charge is 0.478 e. The zero-order valence-corrected chi connectivity index (χ0v) is 11.9. The number of hydrogen-bond acceptors (Lipinski definition) is 3. The first kappa shape index (κ1) is 15.8. The van der Waals surface area contributed by atoms with Crippen LogP contribution in [0.3, 0.4) is 0 Å². The summed E-state index contributed by atoms with van der Waals surface area (Å²) >= 11 is 5.54. The lowest BCUT2D eigenvalue weighted by atomic mass is 10.2. The van der Waals surface area contributed by atoms with Crippen LogP contribution in [0.2, 0.25) is 5.02 Å². The Bertz CT molecular complexity index is 706. The SMILES string of the molecule is O=C(Nc1cc(F)c(Cl)c(C(=O)O)c1)OCc1ccccc1. The molecule has 0 aliphatic heterocycles. The second-order valence-electron chi connectivity index (χ2n) is 4.31. The predicted molar refractivity (Wildman–Crippen MR) is 78.6 cm³/mol. The van der Waals surface area contributed by atoms with Crippen LogP contribution in [0.25, 0.3) is 0 Å². The highest BCUT2D eigenvalue weighted by Gasteiger charge is 2.16. The molecule has 0 saturated heterocycles. The Balaban J connectivity index is 2.04. The smallest absolute Gasteiger partial charge is 0.411 e. The molecule has 0 aromatic heterocycles. The molecule has 2 aromatic rings. The van der Waals surface area contributed by atoms with Gasteiger partial charge in [0.2, 0.25) is 0 Å². The molecule has 114 valence electrons. The van der Waals surface area contributed by atoms with Crippen LogP contribution >= 0.6 is 11.6 Å². The normalized spacial score (nSPS) is 10.1. The second-order valence-corrected chi connectivity index (χ2v) is 4.69. The molecule has 2 rings (SSSR count). The standard InChI is InChI=1S/C15H11ClFNO4/c16-13-11(14(19)20)6-10(7-12(13)17)18-15(21)22-8-9-4-2-1-3-5-9/h1-7H,8H2,(H,18,21)(H,19,20). The van der Waals surface area contributed by atoms with Gasteiger partial charge in [-0.2, -0.15) is 0 Å². The van der Waals surface area contributed by atoms with Crippen molar-refractivity contribution in [3.8, 4) is 0 Å². The minimum Gasteiger partial charge on any atom is -0.478 e. The van der Waals surface area contributed by atoms with Gasteiger partial charge in [-0.25, -0.2) is 14.0 Å². The summed E-state index contributed by atoms with van der Waals surface area (Å²) in [6, 6.07) is 10.9. The summed E-state index contributed by atoms with van der Waals surface area (Å²) in [5.41, 5.74) is 0.281. The van der Waals surface area contributed by atoms with Gasteiger partial charge in [0.1, 0.15) is 12.4 Å². The van der Waals surface area contributed by atoms with Crippen molar-refractivity contribution in [2.75, 3.05) is 5.32 Å². The summed E-state index contributed by atoms with van der Waals surface area (Å²) in [6.07, 6.45) is -0.832. The van der Waals surface area contributed by atoms with E-state index >= 15 is 0 Å². The van der Waals surface area contributed by atoms with Gasteiger partial charge in [0, 0.05) is 5.69 Å². The Morgan fingerprint density at radius 2 is 1.91 bits per heavy atom. The van der Waals surface area contributed by atoms with Crippen molar-refractivity contribution >= 4 is 29.4 Å². The van der Waals surface area contributed by atoms with Crippen LogP contribution in [0, 0.1) is 5.82 Å². The van der Waals surface area contributed by atoms with E-state index in [9.17, 15) is 14.0 Å². The van der Waals surface area contributed by atoms with E-state index in [2.05, 4.69) is 5.32 Å². The van der Waals surface area contributed by atoms with E-state index in [1.165, 1.54) is 0 Å². The van der Waals surface area contributed by atoms with Gasteiger partial charge in [0.05, 0.1) is 10.6 Å². The Morgan fingerprint density at radius 3 is 2.55 bits per heavy atom. The minimum atomic E-state index is -1.40. The first-order chi connectivity index (χ1) is 10.5. The lowest BCUT2D eigenvalue weighted by molar-refractivity contribution is 0.0696. The van der Waals surface area contributed by atoms with Crippen molar-refractivity contribution in [3.63, 3.8) is 0 Å². The highest BCUT2D eigenvalue weighted by molar-refractivity contribution is 6.33. The van der Waals surface area contributed by atoms with Crippen LogP contribution in [0.4, 0.5) is 14.9 Å². The number of nitrogens with one attached hydrogen (secondary N) is 1. The fraction of sp³-hybridized carbons (Fsp3) is 0.0667. The van der Waals surface area contributed by atoms with Crippen LogP contribution in [-0.2, 0) is 11.3 Å². The average Bonchev–Trinajstić information content (AvgIpc) is 2.49. The summed E-state index contributed by atoms with van der Waals surface area (Å²) < 4.78 is 18.5. The van der Waals surface area contributed by atoms with Crippen molar-refractivity contribution in [1.82, 2.24) is 0 Å². The zero-order chi connectivity index (χ0) is 16.1. The molecule has 0 radical (unpaired) electrons. The number of carboxylic acid groups (broad SMARTS) is 1. The number of amides is 1. The monoisotopic (exact) mass is 323 g/mol. The first-order valence-corrected chi connectivity index (χ1v) is 6.55. The highest BCUT2D eigenvalue weighted by Crippen LogP contribution is 2.24. The molecule has 0 heterocycles. The number of carbonyl (C=O) groups excluding carboxylic acids is 1. The molecule has 1 amide bonds. The lowest BCUT2D eigenvalue weighted by Crippen LogP contribution is -2.14. The van der Waals surface area contributed by atoms with Crippen LogP contribution in [0.5, 0.6) is 0 Å². The molecule has 2 N–H and O–H groups in total. The number of anilines is 1. The number of ether oxygens (including phenoxy) is 1. The van der Waals surface area contributed by atoms with Gasteiger partial charge in [-0.3, -0.25) is 5.32 Å². The van der Waals surface area contributed by atoms with Crippen LogP contribution in [0.15, 0.2) is 42.5 Å². The van der Waals surface area contributed by atoms with Crippen molar-refractivity contribution in [3.05, 3.63) is 64.4 Å². The van der Waals surface area contributed by atoms with Crippen molar-refractivity contribution in [2.24, 2.45) is 0 Å². The van der Waals surface area contributed by atoms with E-state index in [1.54, 1.807) is 24.3 Å². The van der Waals surface area contributed by atoms with Gasteiger partial charge in [-0.05, 0) is 17.7 Å². The summed E-state index contributed by atoms with van der Waals surface area (Å²) in [4.78, 5) is 22.6. The third kappa shape index (κ3) is 3.95. The Kier molecular flexibility index (Phi) is 4.95. The number of aromatic carboxylic acids is 1. The molecule has 0 spiro atoms.